The number of nitro groups is 1. The molecule has 0 amide bonds. The summed E-state index contributed by atoms with van der Waals surface area (Å²) in [5.74, 6) is 1.28. The number of nitrogens with zero attached hydrogens (tertiary/aromatic N) is 3. The van der Waals surface area contributed by atoms with Crippen LogP contribution in [-0.4, -0.2) is 29.0 Å². The zero-order valence-electron chi connectivity index (χ0n) is 11.4. The molecule has 6 heteroatoms. The molecule has 2 heterocycles. The van der Waals surface area contributed by atoms with Crippen molar-refractivity contribution < 1.29 is 4.92 Å². The van der Waals surface area contributed by atoms with Crippen molar-refractivity contribution in [2.24, 2.45) is 11.7 Å². The van der Waals surface area contributed by atoms with E-state index in [0.29, 0.717) is 11.6 Å². The minimum Gasteiger partial charge on any atom is -0.356 e. The van der Waals surface area contributed by atoms with Gasteiger partial charge in [-0.25, -0.2) is 4.98 Å². The van der Waals surface area contributed by atoms with Crippen molar-refractivity contribution >= 4 is 11.5 Å². The lowest BCUT2D eigenvalue weighted by atomic mass is 9.91. The second-order valence-corrected chi connectivity index (χ2v) is 5.10. The average molecular weight is 264 g/mol. The van der Waals surface area contributed by atoms with Gasteiger partial charge in [0.25, 0.3) is 5.69 Å². The average Bonchev–Trinajstić information content (AvgIpc) is 2.38. The molecule has 0 aromatic carbocycles. The molecular weight excluding hydrogens is 244 g/mol. The molecule has 1 aliphatic heterocycles. The maximum Gasteiger partial charge on any atom is 0.290 e. The lowest BCUT2D eigenvalue weighted by molar-refractivity contribution is -0.385. The standard InChI is InChI=1S/C13H20N4O2/c1-3-10-8-16(7-6-11(10)14)13-5-4-12(17(18)19)9(2)15-13/h4-5,10-11H,3,6-8,14H2,1-2H3. The molecule has 1 saturated heterocycles. The second kappa shape index (κ2) is 5.52. The summed E-state index contributed by atoms with van der Waals surface area (Å²) in [6, 6.07) is 3.52. The molecule has 0 bridgehead atoms. The van der Waals surface area contributed by atoms with Crippen molar-refractivity contribution in [3.63, 3.8) is 0 Å². The van der Waals surface area contributed by atoms with Crippen molar-refractivity contribution in [3.8, 4) is 0 Å². The van der Waals surface area contributed by atoms with Gasteiger partial charge in [-0.1, -0.05) is 13.3 Å². The highest BCUT2D eigenvalue weighted by Crippen LogP contribution is 2.25. The van der Waals surface area contributed by atoms with E-state index < -0.39 is 4.92 Å². The first-order chi connectivity index (χ1) is 9.02. The Morgan fingerprint density at radius 2 is 2.32 bits per heavy atom. The van der Waals surface area contributed by atoms with Crippen LogP contribution >= 0.6 is 0 Å². The Balaban J connectivity index is 2.18. The zero-order chi connectivity index (χ0) is 14.0. The molecule has 1 aliphatic rings. The topological polar surface area (TPSA) is 85.3 Å². The number of anilines is 1. The van der Waals surface area contributed by atoms with Crippen LogP contribution in [0, 0.1) is 23.0 Å². The Kier molecular flexibility index (Phi) is 3.99. The number of piperidine rings is 1. The summed E-state index contributed by atoms with van der Waals surface area (Å²) in [6.07, 6.45) is 1.99. The number of aromatic nitrogens is 1. The van der Waals surface area contributed by atoms with E-state index in [2.05, 4.69) is 16.8 Å². The fourth-order valence-electron chi connectivity index (χ4n) is 2.60. The highest BCUT2D eigenvalue weighted by molar-refractivity contribution is 5.47. The number of hydrogen-bond acceptors (Lipinski definition) is 5. The molecule has 2 rings (SSSR count). The molecule has 6 nitrogen and oxygen atoms in total. The number of aryl methyl sites for hydroxylation is 1. The normalized spacial score (nSPS) is 23.4. The molecule has 1 aromatic rings. The van der Waals surface area contributed by atoms with Crippen LogP contribution in [0.25, 0.3) is 0 Å². The molecule has 19 heavy (non-hydrogen) atoms. The van der Waals surface area contributed by atoms with E-state index in [1.54, 1.807) is 13.0 Å². The fourth-order valence-corrected chi connectivity index (χ4v) is 2.60. The quantitative estimate of drug-likeness (QED) is 0.665. The Morgan fingerprint density at radius 3 is 2.89 bits per heavy atom. The third-order valence-electron chi connectivity index (χ3n) is 3.88. The number of rotatable bonds is 3. The molecule has 2 atom stereocenters. The van der Waals surface area contributed by atoms with Gasteiger partial charge in [-0.15, -0.1) is 0 Å². The fraction of sp³-hybridized carbons (Fsp3) is 0.615. The first-order valence-corrected chi connectivity index (χ1v) is 6.65. The van der Waals surface area contributed by atoms with Crippen LogP contribution in [0.1, 0.15) is 25.5 Å². The van der Waals surface area contributed by atoms with Gasteiger partial charge in [-0.2, -0.15) is 0 Å². The summed E-state index contributed by atoms with van der Waals surface area (Å²) in [6.45, 7) is 5.56. The lowest BCUT2D eigenvalue weighted by Gasteiger charge is -2.37. The molecule has 104 valence electrons. The molecule has 0 spiro atoms. The van der Waals surface area contributed by atoms with Crippen molar-refractivity contribution in [1.29, 1.82) is 0 Å². The van der Waals surface area contributed by atoms with Crippen LogP contribution < -0.4 is 10.6 Å². The van der Waals surface area contributed by atoms with Gasteiger partial charge < -0.3 is 10.6 Å². The Labute approximate surface area is 112 Å². The summed E-state index contributed by atoms with van der Waals surface area (Å²) < 4.78 is 0. The van der Waals surface area contributed by atoms with E-state index in [4.69, 9.17) is 5.73 Å². The van der Waals surface area contributed by atoms with Crippen molar-refractivity contribution in [2.45, 2.75) is 32.7 Å². The summed E-state index contributed by atoms with van der Waals surface area (Å²) in [4.78, 5) is 16.9. The van der Waals surface area contributed by atoms with E-state index >= 15 is 0 Å². The smallest absolute Gasteiger partial charge is 0.290 e. The zero-order valence-corrected chi connectivity index (χ0v) is 11.4. The highest BCUT2D eigenvalue weighted by atomic mass is 16.6. The number of nitrogens with two attached hydrogens (primary N) is 1. The largest absolute Gasteiger partial charge is 0.356 e. The molecule has 2 N–H and O–H groups in total. The first kappa shape index (κ1) is 13.7. The predicted molar refractivity (Wildman–Crippen MR) is 74.2 cm³/mol. The van der Waals surface area contributed by atoms with E-state index in [0.717, 1.165) is 31.7 Å². The monoisotopic (exact) mass is 264 g/mol. The number of pyridine rings is 1. The molecule has 2 unspecified atom stereocenters. The number of hydrogen-bond donors (Lipinski definition) is 1. The van der Waals surface area contributed by atoms with Gasteiger partial charge in [-0.3, -0.25) is 10.1 Å². The van der Waals surface area contributed by atoms with Crippen LogP contribution in [-0.2, 0) is 0 Å². The Morgan fingerprint density at radius 1 is 1.58 bits per heavy atom. The molecule has 1 aromatic heterocycles. The molecule has 0 radical (unpaired) electrons. The summed E-state index contributed by atoms with van der Waals surface area (Å²) >= 11 is 0. The predicted octanol–water partition coefficient (Wildman–Crippen LogP) is 1.86. The summed E-state index contributed by atoms with van der Waals surface area (Å²) in [5.41, 5.74) is 6.62. The Hall–Kier alpha value is -1.69. The van der Waals surface area contributed by atoms with Crippen LogP contribution in [0.4, 0.5) is 11.5 Å². The first-order valence-electron chi connectivity index (χ1n) is 6.65. The van der Waals surface area contributed by atoms with Gasteiger partial charge in [0.2, 0.25) is 0 Å². The summed E-state index contributed by atoms with van der Waals surface area (Å²) in [7, 11) is 0. The maximum absolute atomic E-state index is 10.8. The second-order valence-electron chi connectivity index (χ2n) is 5.10. The maximum atomic E-state index is 10.8. The van der Waals surface area contributed by atoms with Crippen molar-refractivity contribution in [1.82, 2.24) is 4.98 Å². The van der Waals surface area contributed by atoms with E-state index in [1.165, 1.54) is 6.07 Å². The van der Waals surface area contributed by atoms with Gasteiger partial charge in [-0.05, 0) is 25.3 Å². The van der Waals surface area contributed by atoms with Gasteiger partial charge in [0.1, 0.15) is 11.5 Å². The molecule has 0 aliphatic carbocycles. The van der Waals surface area contributed by atoms with E-state index in [9.17, 15) is 10.1 Å². The molecule has 1 fully saturated rings. The van der Waals surface area contributed by atoms with E-state index in [-0.39, 0.29) is 11.7 Å². The van der Waals surface area contributed by atoms with Gasteiger partial charge in [0, 0.05) is 25.2 Å². The van der Waals surface area contributed by atoms with Gasteiger partial charge in [0.05, 0.1) is 4.92 Å². The third kappa shape index (κ3) is 2.84. The van der Waals surface area contributed by atoms with E-state index in [1.807, 2.05) is 0 Å². The minimum atomic E-state index is -0.396. The summed E-state index contributed by atoms with van der Waals surface area (Å²) in [5, 5.41) is 10.8. The van der Waals surface area contributed by atoms with Gasteiger partial charge in [0.15, 0.2) is 0 Å². The van der Waals surface area contributed by atoms with Crippen molar-refractivity contribution in [3.05, 3.63) is 27.9 Å². The lowest BCUT2D eigenvalue weighted by Crippen LogP contribution is -2.47. The third-order valence-corrected chi connectivity index (χ3v) is 3.88. The van der Waals surface area contributed by atoms with Crippen LogP contribution in [0.2, 0.25) is 0 Å². The van der Waals surface area contributed by atoms with Gasteiger partial charge >= 0.3 is 0 Å². The van der Waals surface area contributed by atoms with Crippen LogP contribution in [0.15, 0.2) is 12.1 Å². The molecule has 0 saturated carbocycles. The van der Waals surface area contributed by atoms with Crippen LogP contribution in [0.3, 0.4) is 0 Å². The SMILES string of the molecule is CCC1CN(c2ccc([N+](=O)[O-])c(C)n2)CCC1N. The molecular formula is C13H20N4O2. The van der Waals surface area contributed by atoms with Crippen molar-refractivity contribution in [2.75, 3.05) is 18.0 Å². The van der Waals surface area contributed by atoms with Crippen LogP contribution in [0.5, 0.6) is 0 Å². The Bertz CT molecular complexity index is 478. The highest BCUT2D eigenvalue weighted by Gasteiger charge is 2.26. The minimum absolute atomic E-state index is 0.0736.